The van der Waals surface area contributed by atoms with E-state index in [1.165, 1.54) is 11.3 Å². The van der Waals surface area contributed by atoms with Gasteiger partial charge in [-0.1, -0.05) is 23.2 Å². The smallest absolute Gasteiger partial charge is 0.317 e. The number of aliphatic carboxylic acids is 1. The Morgan fingerprint density at radius 3 is 2.47 bits per heavy atom. The van der Waals surface area contributed by atoms with Crippen LogP contribution in [0.1, 0.15) is 18.5 Å². The van der Waals surface area contributed by atoms with Crippen LogP contribution in [0.5, 0.6) is 0 Å². The minimum Gasteiger partial charge on any atom is -0.480 e. The number of carbonyl (C=O) groups is 1. The largest absolute Gasteiger partial charge is 0.480 e. The van der Waals surface area contributed by atoms with E-state index in [-0.39, 0.29) is 12.6 Å². The lowest BCUT2D eigenvalue weighted by molar-refractivity contribution is -0.138. The summed E-state index contributed by atoms with van der Waals surface area (Å²) < 4.78 is 1.24. The molecule has 1 rings (SSSR count). The fourth-order valence-corrected chi connectivity index (χ4v) is 3.38. The Morgan fingerprint density at radius 2 is 2.05 bits per heavy atom. The van der Waals surface area contributed by atoms with E-state index in [1.807, 2.05) is 36.9 Å². The van der Waals surface area contributed by atoms with Crippen LogP contribution in [0.4, 0.5) is 0 Å². The van der Waals surface area contributed by atoms with E-state index < -0.39 is 5.97 Å². The van der Waals surface area contributed by atoms with Crippen LogP contribution in [0, 0.1) is 0 Å². The van der Waals surface area contributed by atoms with E-state index in [0.717, 1.165) is 12.1 Å². The maximum absolute atomic E-state index is 11.0. The van der Waals surface area contributed by atoms with Crippen LogP contribution in [0.2, 0.25) is 8.67 Å². The molecule has 7 heteroatoms. The van der Waals surface area contributed by atoms with E-state index in [9.17, 15) is 4.79 Å². The summed E-state index contributed by atoms with van der Waals surface area (Å²) in [4.78, 5) is 14.9. The van der Waals surface area contributed by atoms with Crippen LogP contribution in [-0.4, -0.2) is 54.6 Å². The zero-order valence-corrected chi connectivity index (χ0v) is 13.5. The first-order valence-electron chi connectivity index (χ1n) is 5.86. The molecule has 19 heavy (non-hydrogen) atoms. The minimum absolute atomic E-state index is 0.0151. The van der Waals surface area contributed by atoms with Gasteiger partial charge in [0.15, 0.2) is 0 Å². The monoisotopic (exact) mass is 324 g/mol. The standard InChI is InChI=1S/C12H18Cl2N2O2S/c1-8(9-6-10(13)19-12(9)14)16(7-11(17)18)5-4-15(2)3/h6,8H,4-5,7H2,1-3H3,(H,17,18). The predicted molar refractivity (Wildman–Crippen MR) is 80.5 cm³/mol. The van der Waals surface area contributed by atoms with Crippen LogP contribution < -0.4 is 0 Å². The zero-order valence-electron chi connectivity index (χ0n) is 11.2. The predicted octanol–water partition coefficient (Wildman–Crippen LogP) is 3.06. The van der Waals surface area contributed by atoms with Crippen molar-refractivity contribution >= 4 is 40.5 Å². The average molecular weight is 325 g/mol. The van der Waals surface area contributed by atoms with Gasteiger partial charge in [0.1, 0.15) is 0 Å². The topological polar surface area (TPSA) is 43.8 Å². The molecule has 0 radical (unpaired) electrons. The number of nitrogens with zero attached hydrogens (tertiary/aromatic N) is 2. The summed E-state index contributed by atoms with van der Waals surface area (Å²) in [7, 11) is 3.91. The molecule has 0 spiro atoms. The van der Waals surface area contributed by atoms with Gasteiger partial charge in [0.05, 0.1) is 15.2 Å². The molecule has 0 saturated heterocycles. The molecule has 1 atom stereocenters. The second kappa shape index (κ2) is 7.45. The van der Waals surface area contributed by atoms with Crippen molar-refractivity contribution in [3.05, 3.63) is 20.3 Å². The van der Waals surface area contributed by atoms with E-state index >= 15 is 0 Å². The zero-order chi connectivity index (χ0) is 14.6. The number of halogens is 2. The lowest BCUT2D eigenvalue weighted by Gasteiger charge is -2.28. The first-order valence-corrected chi connectivity index (χ1v) is 7.43. The molecule has 1 aromatic rings. The highest BCUT2D eigenvalue weighted by Gasteiger charge is 2.22. The molecular formula is C12H18Cl2N2O2S. The summed E-state index contributed by atoms with van der Waals surface area (Å²) in [5.41, 5.74) is 0.886. The Bertz CT molecular complexity index is 437. The van der Waals surface area contributed by atoms with Gasteiger partial charge in [-0.2, -0.15) is 0 Å². The summed E-state index contributed by atoms with van der Waals surface area (Å²) in [5, 5.41) is 9.01. The van der Waals surface area contributed by atoms with Gasteiger partial charge in [0, 0.05) is 24.7 Å². The number of rotatable bonds is 7. The normalized spacial score (nSPS) is 13.2. The Kier molecular flexibility index (Phi) is 6.56. The molecule has 0 aliphatic heterocycles. The van der Waals surface area contributed by atoms with Crippen LogP contribution >= 0.6 is 34.5 Å². The first kappa shape index (κ1) is 16.7. The molecule has 1 heterocycles. The van der Waals surface area contributed by atoms with Crippen molar-refractivity contribution in [2.24, 2.45) is 0 Å². The average Bonchev–Trinajstić information content (AvgIpc) is 2.62. The molecule has 1 aromatic heterocycles. The van der Waals surface area contributed by atoms with Crippen LogP contribution in [0.25, 0.3) is 0 Å². The van der Waals surface area contributed by atoms with Crippen LogP contribution in [-0.2, 0) is 4.79 Å². The number of thiophene rings is 1. The van der Waals surface area contributed by atoms with Crippen molar-refractivity contribution in [1.29, 1.82) is 0 Å². The van der Waals surface area contributed by atoms with Crippen molar-refractivity contribution in [2.45, 2.75) is 13.0 Å². The van der Waals surface area contributed by atoms with Crippen LogP contribution in [0.3, 0.4) is 0 Å². The number of carboxylic acid groups (broad SMARTS) is 1. The fourth-order valence-electron chi connectivity index (χ4n) is 1.75. The van der Waals surface area contributed by atoms with Gasteiger partial charge in [-0.15, -0.1) is 11.3 Å². The lowest BCUT2D eigenvalue weighted by atomic mass is 10.1. The Morgan fingerprint density at radius 1 is 1.42 bits per heavy atom. The third kappa shape index (κ3) is 5.28. The van der Waals surface area contributed by atoms with Gasteiger partial charge >= 0.3 is 5.97 Å². The van der Waals surface area contributed by atoms with Gasteiger partial charge in [-0.25, -0.2) is 0 Å². The van der Waals surface area contributed by atoms with Crippen molar-refractivity contribution in [2.75, 3.05) is 33.7 Å². The Balaban J connectivity index is 2.83. The number of hydrogen-bond acceptors (Lipinski definition) is 4. The number of hydrogen-bond donors (Lipinski definition) is 1. The first-order chi connectivity index (χ1) is 8.81. The number of likely N-dealkylation sites (N-methyl/N-ethyl adjacent to an activating group) is 1. The highest BCUT2D eigenvalue weighted by molar-refractivity contribution is 7.20. The third-order valence-electron chi connectivity index (χ3n) is 2.85. The second-order valence-corrected chi connectivity index (χ2v) is 6.91. The molecule has 0 aromatic carbocycles. The van der Waals surface area contributed by atoms with E-state index in [4.69, 9.17) is 28.3 Å². The summed E-state index contributed by atoms with van der Waals surface area (Å²) in [6.07, 6.45) is 0. The van der Waals surface area contributed by atoms with E-state index in [0.29, 0.717) is 15.2 Å². The highest BCUT2D eigenvalue weighted by Crippen LogP contribution is 2.36. The SMILES string of the molecule is CC(c1cc(Cl)sc1Cl)N(CCN(C)C)CC(=O)O. The molecular weight excluding hydrogens is 307 g/mol. The second-order valence-electron chi connectivity index (χ2n) is 4.62. The summed E-state index contributed by atoms with van der Waals surface area (Å²) in [6, 6.07) is 1.73. The minimum atomic E-state index is -0.844. The fraction of sp³-hybridized carbons (Fsp3) is 0.583. The molecule has 1 N–H and O–H groups in total. The van der Waals surface area contributed by atoms with E-state index in [1.54, 1.807) is 0 Å². The van der Waals surface area contributed by atoms with Gasteiger partial charge in [-0.3, -0.25) is 9.69 Å². The van der Waals surface area contributed by atoms with Gasteiger partial charge in [0.2, 0.25) is 0 Å². The van der Waals surface area contributed by atoms with Gasteiger partial charge < -0.3 is 10.0 Å². The molecule has 0 bridgehead atoms. The summed E-state index contributed by atoms with van der Waals surface area (Å²) in [6.45, 7) is 3.37. The third-order valence-corrected chi connectivity index (χ3v) is 4.37. The highest BCUT2D eigenvalue weighted by atomic mass is 35.5. The molecule has 0 aliphatic rings. The molecule has 1 unspecified atom stereocenters. The van der Waals surface area contributed by atoms with Crippen molar-refractivity contribution < 1.29 is 9.90 Å². The lowest BCUT2D eigenvalue weighted by Crippen LogP contribution is -2.37. The quantitative estimate of drug-likeness (QED) is 0.837. The van der Waals surface area contributed by atoms with Crippen molar-refractivity contribution in [1.82, 2.24) is 9.80 Å². The Hall–Kier alpha value is -0.330. The van der Waals surface area contributed by atoms with E-state index in [2.05, 4.69) is 0 Å². The molecule has 0 saturated carbocycles. The summed E-state index contributed by atoms with van der Waals surface area (Å²) in [5.74, 6) is -0.844. The van der Waals surface area contributed by atoms with Crippen molar-refractivity contribution in [3.8, 4) is 0 Å². The maximum Gasteiger partial charge on any atom is 0.317 e. The molecule has 108 valence electrons. The number of carboxylic acids is 1. The Labute approximate surface area is 127 Å². The van der Waals surface area contributed by atoms with Crippen LogP contribution in [0.15, 0.2) is 6.07 Å². The van der Waals surface area contributed by atoms with Gasteiger partial charge in [-0.05, 0) is 27.1 Å². The van der Waals surface area contributed by atoms with Crippen molar-refractivity contribution in [3.63, 3.8) is 0 Å². The summed E-state index contributed by atoms with van der Waals surface area (Å²) >= 11 is 13.4. The molecule has 0 aliphatic carbocycles. The maximum atomic E-state index is 11.0. The van der Waals surface area contributed by atoms with Gasteiger partial charge in [0.25, 0.3) is 0 Å². The molecule has 0 amide bonds. The molecule has 0 fully saturated rings. The molecule has 4 nitrogen and oxygen atoms in total.